The molecule has 0 aromatic heterocycles. The van der Waals surface area contributed by atoms with E-state index in [1.807, 2.05) is 0 Å². The van der Waals surface area contributed by atoms with Crippen LogP contribution < -0.4 is 14.2 Å². The van der Waals surface area contributed by atoms with Crippen molar-refractivity contribution in [2.45, 2.75) is 0 Å². The van der Waals surface area contributed by atoms with Gasteiger partial charge in [-0.1, -0.05) is 30.3 Å². The van der Waals surface area contributed by atoms with Crippen LogP contribution in [-0.4, -0.2) is 26.0 Å². The van der Waals surface area contributed by atoms with Gasteiger partial charge in [0.15, 0.2) is 5.78 Å². The summed E-state index contributed by atoms with van der Waals surface area (Å²) in [5, 5.41) is 0. The topological polar surface area (TPSA) is 61.8 Å². The van der Waals surface area contributed by atoms with Gasteiger partial charge in [-0.2, -0.15) is 0 Å². The predicted molar refractivity (Wildman–Crippen MR) is 111 cm³/mol. The smallest absolute Gasteiger partial charge is 0.347 e. The van der Waals surface area contributed by atoms with Gasteiger partial charge < -0.3 is 14.2 Å². The van der Waals surface area contributed by atoms with Crippen molar-refractivity contribution in [3.63, 3.8) is 0 Å². The molecule has 0 aliphatic rings. The van der Waals surface area contributed by atoms with Crippen LogP contribution in [0.2, 0.25) is 0 Å². The highest BCUT2D eigenvalue weighted by Gasteiger charge is 2.13. The summed E-state index contributed by atoms with van der Waals surface area (Å²) < 4.78 is 15.7. The molecule has 5 heteroatoms. The molecule has 0 radical (unpaired) electrons. The summed E-state index contributed by atoms with van der Waals surface area (Å²) >= 11 is 0. The van der Waals surface area contributed by atoms with Gasteiger partial charge in [0, 0.05) is 5.56 Å². The predicted octanol–water partition coefficient (Wildman–Crippen LogP) is 4.82. The highest BCUT2D eigenvalue weighted by Crippen LogP contribution is 2.21. The summed E-state index contributed by atoms with van der Waals surface area (Å²) in [5.41, 5.74) is 1.73. The number of ketones is 1. The molecule has 0 atom stereocenters. The van der Waals surface area contributed by atoms with Gasteiger partial charge >= 0.3 is 5.97 Å². The van der Waals surface area contributed by atoms with E-state index in [9.17, 15) is 9.59 Å². The summed E-state index contributed by atoms with van der Waals surface area (Å²) in [5.74, 6) is 0.942. The number of hydrogen-bond donors (Lipinski definition) is 0. The molecule has 0 saturated heterocycles. The lowest BCUT2D eigenvalue weighted by Crippen LogP contribution is -2.09. The summed E-state index contributed by atoms with van der Waals surface area (Å²) in [6.45, 7) is 0. The third kappa shape index (κ3) is 5.11. The second-order valence-electron chi connectivity index (χ2n) is 6.08. The highest BCUT2D eigenvalue weighted by molar-refractivity contribution is 6.06. The van der Waals surface area contributed by atoms with Crippen molar-refractivity contribution in [1.82, 2.24) is 0 Å². The maximum Gasteiger partial charge on any atom is 0.347 e. The molecule has 0 unspecified atom stereocenters. The Labute approximate surface area is 169 Å². The Bertz CT molecular complexity index is 1020. The van der Waals surface area contributed by atoms with Crippen LogP contribution >= 0.6 is 0 Å². The van der Waals surface area contributed by atoms with E-state index in [2.05, 4.69) is 0 Å². The first-order chi connectivity index (χ1) is 14.1. The number of methoxy groups -OCH3 is 2. The molecule has 3 aromatic rings. The van der Waals surface area contributed by atoms with E-state index in [-0.39, 0.29) is 5.78 Å². The van der Waals surface area contributed by atoms with Crippen molar-refractivity contribution in [3.8, 4) is 17.2 Å². The van der Waals surface area contributed by atoms with E-state index in [0.29, 0.717) is 28.4 Å². The van der Waals surface area contributed by atoms with Crippen molar-refractivity contribution in [2.24, 2.45) is 0 Å². The third-order valence-electron chi connectivity index (χ3n) is 4.22. The zero-order valence-electron chi connectivity index (χ0n) is 16.1. The molecule has 0 N–H and O–H groups in total. The van der Waals surface area contributed by atoms with Gasteiger partial charge in [-0.3, -0.25) is 4.79 Å². The monoisotopic (exact) mass is 388 g/mol. The average molecular weight is 388 g/mol. The second kappa shape index (κ2) is 9.37. The highest BCUT2D eigenvalue weighted by atomic mass is 16.5. The zero-order valence-corrected chi connectivity index (χ0v) is 16.1. The lowest BCUT2D eigenvalue weighted by Gasteiger charge is -2.08. The molecule has 0 spiro atoms. The first-order valence-corrected chi connectivity index (χ1v) is 8.92. The maximum absolute atomic E-state index is 12.3. The molecule has 0 fully saturated rings. The van der Waals surface area contributed by atoms with Gasteiger partial charge in [0.2, 0.25) is 0 Å². The van der Waals surface area contributed by atoms with E-state index in [1.165, 1.54) is 13.2 Å². The molecule has 0 heterocycles. The van der Waals surface area contributed by atoms with Crippen LogP contribution in [0.5, 0.6) is 17.2 Å². The van der Waals surface area contributed by atoms with Crippen LogP contribution in [0.25, 0.3) is 6.08 Å². The summed E-state index contributed by atoms with van der Waals surface area (Å²) in [7, 11) is 3.08. The van der Waals surface area contributed by atoms with Crippen molar-refractivity contribution in [1.29, 1.82) is 0 Å². The first-order valence-electron chi connectivity index (χ1n) is 8.92. The molecule has 0 bridgehead atoms. The molecular formula is C24H20O5. The van der Waals surface area contributed by atoms with E-state index in [4.69, 9.17) is 14.2 Å². The first kappa shape index (κ1) is 19.9. The van der Waals surface area contributed by atoms with Gasteiger partial charge in [-0.25, -0.2) is 4.79 Å². The largest absolute Gasteiger partial charge is 0.497 e. The van der Waals surface area contributed by atoms with Gasteiger partial charge in [0.25, 0.3) is 0 Å². The minimum atomic E-state index is -0.500. The summed E-state index contributed by atoms with van der Waals surface area (Å²) in [6, 6.07) is 20.7. The Morgan fingerprint density at radius 2 is 1.41 bits per heavy atom. The van der Waals surface area contributed by atoms with E-state index in [0.717, 1.165) is 5.56 Å². The third-order valence-corrected chi connectivity index (χ3v) is 4.22. The Hall–Kier alpha value is -3.86. The second-order valence-corrected chi connectivity index (χ2v) is 6.08. The van der Waals surface area contributed by atoms with Crippen LogP contribution in [0.1, 0.15) is 26.3 Å². The number of ether oxygens (including phenoxy) is 3. The minimum absolute atomic E-state index is 0.112. The van der Waals surface area contributed by atoms with Crippen LogP contribution in [0.4, 0.5) is 0 Å². The summed E-state index contributed by atoms with van der Waals surface area (Å²) in [4.78, 5) is 24.6. The number of esters is 1. The molecule has 0 aliphatic carbocycles. The number of para-hydroxylation sites is 1. The molecule has 29 heavy (non-hydrogen) atoms. The van der Waals surface area contributed by atoms with Crippen LogP contribution in [0.3, 0.4) is 0 Å². The lowest BCUT2D eigenvalue weighted by molar-refractivity contribution is 0.0731. The van der Waals surface area contributed by atoms with Gasteiger partial charge in [0.05, 0.1) is 14.2 Å². The van der Waals surface area contributed by atoms with Crippen LogP contribution in [0.15, 0.2) is 78.9 Å². The molecule has 5 nitrogen and oxygen atoms in total. The number of carbonyl (C=O) groups excluding carboxylic acids is 2. The lowest BCUT2D eigenvalue weighted by atomic mass is 10.1. The van der Waals surface area contributed by atoms with Crippen molar-refractivity contribution < 1.29 is 23.8 Å². The number of allylic oxidation sites excluding steroid dienone is 1. The standard InChI is InChI=1S/C24H20O5/c1-27-19-14-10-18(11-15-19)22(25)16-9-17-7-12-20(13-8-17)29-24(26)21-5-3-4-6-23(21)28-2/h3-16H,1-2H3/b16-9+. The zero-order chi connectivity index (χ0) is 20.6. The fourth-order valence-corrected chi connectivity index (χ4v) is 2.65. The number of benzene rings is 3. The SMILES string of the molecule is COc1ccc(C(=O)/C=C/c2ccc(OC(=O)c3ccccc3OC)cc2)cc1. The maximum atomic E-state index is 12.3. The van der Waals surface area contributed by atoms with E-state index < -0.39 is 5.97 Å². The van der Waals surface area contributed by atoms with Gasteiger partial charge in [-0.05, 0) is 60.2 Å². The Balaban J connectivity index is 1.64. The molecule has 3 rings (SSSR count). The normalized spacial score (nSPS) is 10.6. The Kier molecular flexibility index (Phi) is 6.43. The van der Waals surface area contributed by atoms with Crippen molar-refractivity contribution in [3.05, 3.63) is 95.6 Å². The Morgan fingerprint density at radius 1 is 0.759 bits per heavy atom. The molecular weight excluding hydrogens is 368 g/mol. The summed E-state index contributed by atoms with van der Waals surface area (Å²) in [6.07, 6.45) is 3.20. The fraction of sp³-hybridized carbons (Fsp3) is 0.0833. The number of carbonyl (C=O) groups is 2. The van der Waals surface area contributed by atoms with Crippen molar-refractivity contribution >= 4 is 17.8 Å². The number of hydrogen-bond acceptors (Lipinski definition) is 5. The molecule has 146 valence electrons. The molecule has 0 saturated carbocycles. The van der Waals surface area contributed by atoms with Gasteiger partial charge in [0.1, 0.15) is 22.8 Å². The quantitative estimate of drug-likeness (QED) is 0.251. The van der Waals surface area contributed by atoms with E-state index in [1.54, 1.807) is 86.0 Å². The minimum Gasteiger partial charge on any atom is -0.497 e. The average Bonchev–Trinajstić information content (AvgIpc) is 2.78. The fourth-order valence-electron chi connectivity index (χ4n) is 2.65. The number of rotatable bonds is 7. The molecule has 0 amide bonds. The van der Waals surface area contributed by atoms with Crippen LogP contribution in [0, 0.1) is 0 Å². The van der Waals surface area contributed by atoms with Gasteiger partial charge in [-0.15, -0.1) is 0 Å². The molecule has 3 aromatic carbocycles. The van der Waals surface area contributed by atoms with E-state index >= 15 is 0 Å². The van der Waals surface area contributed by atoms with Crippen molar-refractivity contribution in [2.75, 3.05) is 14.2 Å². The van der Waals surface area contributed by atoms with Crippen LogP contribution in [-0.2, 0) is 0 Å². The Morgan fingerprint density at radius 3 is 2.07 bits per heavy atom. The molecule has 0 aliphatic heterocycles.